The van der Waals surface area contributed by atoms with E-state index in [9.17, 15) is 13.2 Å². The molecule has 0 unspecified atom stereocenters. The van der Waals surface area contributed by atoms with Crippen molar-refractivity contribution in [2.24, 2.45) is 0 Å². The highest BCUT2D eigenvalue weighted by molar-refractivity contribution is 7.91. The number of sulfone groups is 1. The lowest BCUT2D eigenvalue weighted by molar-refractivity contribution is -0.122. The van der Waals surface area contributed by atoms with Gasteiger partial charge in [-0.15, -0.1) is 0 Å². The van der Waals surface area contributed by atoms with Crippen LogP contribution in [0.2, 0.25) is 0 Å². The number of nitrogens with zero attached hydrogens (tertiary/aromatic N) is 2. The lowest BCUT2D eigenvalue weighted by Gasteiger charge is -2.36. The van der Waals surface area contributed by atoms with Crippen LogP contribution >= 0.6 is 0 Å². The lowest BCUT2D eigenvalue weighted by atomic mass is 10.1. The Morgan fingerprint density at radius 2 is 1.92 bits per heavy atom. The molecule has 0 bridgehead atoms. The van der Waals surface area contributed by atoms with E-state index in [2.05, 4.69) is 40.2 Å². The Labute approximate surface area is 143 Å². The molecule has 2 fully saturated rings. The Balaban J connectivity index is 1.45. The number of nitrogens with one attached hydrogen (secondary N) is 1. The van der Waals surface area contributed by atoms with Crippen molar-refractivity contribution < 1.29 is 13.2 Å². The van der Waals surface area contributed by atoms with Crippen LogP contribution in [0.5, 0.6) is 0 Å². The fraction of sp³-hybridized carbons (Fsp3) is 0.588. The van der Waals surface area contributed by atoms with Crippen molar-refractivity contribution in [2.75, 3.05) is 49.1 Å². The van der Waals surface area contributed by atoms with Crippen LogP contribution in [-0.2, 0) is 14.6 Å². The maximum Gasteiger partial charge on any atom is 0.234 e. The van der Waals surface area contributed by atoms with E-state index in [1.54, 1.807) is 0 Å². The molecular formula is C17H25N3O3S. The highest BCUT2D eigenvalue weighted by Crippen LogP contribution is 2.20. The number of para-hydroxylation sites is 1. The number of hydrogen-bond donors (Lipinski definition) is 1. The van der Waals surface area contributed by atoms with Crippen molar-refractivity contribution in [2.45, 2.75) is 19.4 Å². The standard InChI is InChI=1S/C17H25N3O3S/c1-14-4-2-3-5-16(14)20-9-7-19(8-10-20)12-17(21)18-15-6-11-24(22,23)13-15/h2-5,15H,6-13H2,1H3,(H,18,21)/t15-/m0/s1. The molecule has 7 heteroatoms. The Kier molecular flexibility index (Phi) is 5.10. The minimum absolute atomic E-state index is 0.0681. The molecule has 0 spiro atoms. The largest absolute Gasteiger partial charge is 0.369 e. The van der Waals surface area contributed by atoms with Crippen LogP contribution in [0.15, 0.2) is 24.3 Å². The summed E-state index contributed by atoms with van der Waals surface area (Å²) in [5, 5.41) is 2.86. The van der Waals surface area contributed by atoms with Crippen LogP contribution in [-0.4, -0.2) is 69.5 Å². The van der Waals surface area contributed by atoms with Crippen molar-refractivity contribution in [1.82, 2.24) is 10.2 Å². The summed E-state index contributed by atoms with van der Waals surface area (Å²) < 4.78 is 22.9. The molecule has 24 heavy (non-hydrogen) atoms. The van der Waals surface area contributed by atoms with Crippen LogP contribution < -0.4 is 10.2 Å². The first-order valence-corrected chi connectivity index (χ1v) is 10.3. The van der Waals surface area contributed by atoms with Crippen molar-refractivity contribution in [3.05, 3.63) is 29.8 Å². The van der Waals surface area contributed by atoms with Gasteiger partial charge in [-0.1, -0.05) is 18.2 Å². The summed E-state index contributed by atoms with van der Waals surface area (Å²) in [6, 6.07) is 8.14. The van der Waals surface area contributed by atoms with Gasteiger partial charge in [0.25, 0.3) is 0 Å². The average molecular weight is 351 g/mol. The predicted octanol–water partition coefficient (Wildman–Crippen LogP) is 0.420. The third kappa shape index (κ3) is 4.27. The Morgan fingerprint density at radius 1 is 1.21 bits per heavy atom. The summed E-state index contributed by atoms with van der Waals surface area (Å²) in [4.78, 5) is 16.6. The molecule has 1 aromatic rings. The van der Waals surface area contributed by atoms with Crippen molar-refractivity contribution in [1.29, 1.82) is 0 Å². The summed E-state index contributed by atoms with van der Waals surface area (Å²) in [6.45, 7) is 5.93. The molecule has 1 N–H and O–H groups in total. The van der Waals surface area contributed by atoms with Gasteiger partial charge in [0, 0.05) is 37.9 Å². The fourth-order valence-corrected chi connectivity index (χ4v) is 5.12. The van der Waals surface area contributed by atoms with E-state index in [0.29, 0.717) is 13.0 Å². The normalized spacial score (nSPS) is 24.0. The minimum atomic E-state index is -2.95. The monoisotopic (exact) mass is 351 g/mol. The molecule has 2 saturated heterocycles. The second-order valence-electron chi connectivity index (χ2n) is 6.72. The number of benzene rings is 1. The SMILES string of the molecule is Cc1ccccc1N1CCN(CC(=O)N[C@H]2CCS(=O)(=O)C2)CC1. The average Bonchev–Trinajstić information content (AvgIpc) is 2.87. The van der Waals surface area contributed by atoms with E-state index in [1.165, 1.54) is 11.3 Å². The number of hydrogen-bond acceptors (Lipinski definition) is 5. The van der Waals surface area contributed by atoms with Gasteiger partial charge >= 0.3 is 0 Å². The van der Waals surface area contributed by atoms with Gasteiger partial charge in [-0.2, -0.15) is 0 Å². The van der Waals surface area contributed by atoms with E-state index in [4.69, 9.17) is 0 Å². The topological polar surface area (TPSA) is 69.7 Å². The minimum Gasteiger partial charge on any atom is -0.369 e. The first kappa shape index (κ1) is 17.2. The molecule has 3 rings (SSSR count). The van der Waals surface area contributed by atoms with Crippen molar-refractivity contribution >= 4 is 21.4 Å². The van der Waals surface area contributed by atoms with Gasteiger partial charge in [0.1, 0.15) is 0 Å². The first-order valence-electron chi connectivity index (χ1n) is 8.46. The number of aryl methyl sites for hydroxylation is 1. The second-order valence-corrected chi connectivity index (χ2v) is 8.95. The zero-order valence-electron chi connectivity index (χ0n) is 14.1. The maximum atomic E-state index is 12.1. The highest BCUT2D eigenvalue weighted by atomic mass is 32.2. The van der Waals surface area contributed by atoms with E-state index < -0.39 is 9.84 Å². The third-order valence-electron chi connectivity index (χ3n) is 4.79. The zero-order chi connectivity index (χ0) is 17.2. The Bertz CT molecular complexity index is 697. The van der Waals surface area contributed by atoms with E-state index >= 15 is 0 Å². The first-order chi connectivity index (χ1) is 11.4. The van der Waals surface area contributed by atoms with Crippen LogP contribution in [0.1, 0.15) is 12.0 Å². The number of rotatable bonds is 4. The molecule has 6 nitrogen and oxygen atoms in total. The van der Waals surface area contributed by atoms with Gasteiger partial charge in [-0.3, -0.25) is 9.69 Å². The molecule has 0 saturated carbocycles. The Hall–Kier alpha value is -1.60. The number of carbonyl (C=O) groups is 1. The van der Waals surface area contributed by atoms with Crippen LogP contribution in [0.3, 0.4) is 0 Å². The van der Waals surface area contributed by atoms with Crippen molar-refractivity contribution in [3.8, 4) is 0 Å². The van der Waals surface area contributed by atoms with Gasteiger partial charge in [0.05, 0.1) is 18.1 Å². The highest BCUT2D eigenvalue weighted by Gasteiger charge is 2.29. The van der Waals surface area contributed by atoms with Crippen LogP contribution in [0.25, 0.3) is 0 Å². The smallest absolute Gasteiger partial charge is 0.234 e. The van der Waals surface area contributed by atoms with Crippen LogP contribution in [0.4, 0.5) is 5.69 Å². The molecule has 1 amide bonds. The third-order valence-corrected chi connectivity index (χ3v) is 6.56. The number of piperazine rings is 1. The molecule has 2 aliphatic rings. The molecule has 1 atom stereocenters. The molecule has 0 aliphatic carbocycles. The zero-order valence-corrected chi connectivity index (χ0v) is 14.9. The Morgan fingerprint density at radius 3 is 2.54 bits per heavy atom. The van der Waals surface area contributed by atoms with Crippen LogP contribution in [0, 0.1) is 6.92 Å². The van der Waals surface area contributed by atoms with Gasteiger partial charge in [-0.05, 0) is 25.0 Å². The lowest BCUT2D eigenvalue weighted by Crippen LogP contribution is -2.50. The summed E-state index contributed by atoms with van der Waals surface area (Å²) in [7, 11) is -2.95. The second kappa shape index (κ2) is 7.11. The number of anilines is 1. The maximum absolute atomic E-state index is 12.1. The van der Waals surface area contributed by atoms with Crippen molar-refractivity contribution in [3.63, 3.8) is 0 Å². The molecule has 0 aromatic heterocycles. The summed E-state index contributed by atoms with van der Waals surface area (Å²) >= 11 is 0. The molecule has 2 heterocycles. The summed E-state index contributed by atoms with van der Waals surface area (Å²) in [5.74, 6) is 0.203. The fourth-order valence-electron chi connectivity index (χ4n) is 3.45. The molecule has 0 radical (unpaired) electrons. The number of carbonyl (C=O) groups excluding carboxylic acids is 1. The number of amides is 1. The van der Waals surface area contributed by atoms with E-state index in [1.807, 2.05) is 6.07 Å². The van der Waals surface area contributed by atoms with E-state index in [0.717, 1.165) is 26.2 Å². The summed E-state index contributed by atoms with van der Waals surface area (Å²) in [5.41, 5.74) is 2.53. The molecule has 132 valence electrons. The van der Waals surface area contributed by atoms with Gasteiger partial charge in [-0.25, -0.2) is 8.42 Å². The quantitative estimate of drug-likeness (QED) is 0.851. The van der Waals surface area contributed by atoms with Gasteiger partial charge in [0.15, 0.2) is 9.84 Å². The molecular weight excluding hydrogens is 326 g/mol. The molecule has 2 aliphatic heterocycles. The summed E-state index contributed by atoms with van der Waals surface area (Å²) in [6.07, 6.45) is 0.537. The van der Waals surface area contributed by atoms with E-state index in [-0.39, 0.29) is 23.5 Å². The predicted molar refractivity (Wildman–Crippen MR) is 95.0 cm³/mol. The molecule has 1 aromatic carbocycles. The van der Waals surface area contributed by atoms with Gasteiger partial charge < -0.3 is 10.2 Å². The van der Waals surface area contributed by atoms with Gasteiger partial charge in [0.2, 0.25) is 5.91 Å².